The molecule has 0 N–H and O–H groups in total. The first-order valence-electron chi connectivity index (χ1n) is 6.13. The van der Waals surface area contributed by atoms with E-state index in [1.54, 1.807) is 0 Å². The molecule has 0 amide bonds. The Morgan fingerprint density at radius 2 is 1.74 bits per heavy atom. The highest BCUT2D eigenvalue weighted by molar-refractivity contribution is 7.85. The summed E-state index contributed by atoms with van der Waals surface area (Å²) in [7, 11) is -1.20. The van der Waals surface area contributed by atoms with Crippen LogP contribution in [0.4, 0.5) is 0 Å². The van der Waals surface area contributed by atoms with Gasteiger partial charge in [0.15, 0.2) is 0 Å². The number of hydrogen-bond acceptors (Lipinski definition) is 2. The van der Waals surface area contributed by atoms with Crippen molar-refractivity contribution in [1.82, 2.24) is 0 Å². The lowest BCUT2D eigenvalue weighted by Crippen LogP contribution is -1.93. The maximum atomic E-state index is 12.7. The normalized spacial score (nSPS) is 12.7. The maximum absolute atomic E-state index is 12.7. The topological polar surface area (TPSA) is 30.2 Å². The Morgan fingerprint density at radius 1 is 1.00 bits per heavy atom. The van der Waals surface area contributed by atoms with Crippen LogP contribution in [0.25, 0.3) is 11.0 Å². The molecule has 19 heavy (non-hydrogen) atoms. The van der Waals surface area contributed by atoms with Crippen molar-refractivity contribution < 1.29 is 8.63 Å². The molecule has 0 spiro atoms. The maximum Gasteiger partial charge on any atom is 0.135 e. The van der Waals surface area contributed by atoms with Crippen LogP contribution in [0.15, 0.2) is 62.7 Å². The Balaban J connectivity index is 2.22. The Bertz CT molecular complexity index is 757. The number of benzene rings is 2. The zero-order valence-electron chi connectivity index (χ0n) is 10.8. The van der Waals surface area contributed by atoms with Gasteiger partial charge in [0.2, 0.25) is 0 Å². The lowest BCUT2D eigenvalue weighted by Gasteiger charge is -2.01. The molecule has 1 atom stereocenters. The Morgan fingerprint density at radius 3 is 2.47 bits per heavy atom. The molecular formula is C16H14O2S. The zero-order valence-corrected chi connectivity index (χ0v) is 11.7. The molecular weight excluding hydrogens is 256 g/mol. The third-order valence-corrected chi connectivity index (χ3v) is 4.68. The summed E-state index contributed by atoms with van der Waals surface area (Å²) < 4.78 is 18.4. The van der Waals surface area contributed by atoms with E-state index in [1.165, 1.54) is 0 Å². The van der Waals surface area contributed by atoms with E-state index in [2.05, 4.69) is 0 Å². The van der Waals surface area contributed by atoms with Crippen LogP contribution in [0.2, 0.25) is 0 Å². The molecule has 0 aliphatic carbocycles. The van der Waals surface area contributed by atoms with Gasteiger partial charge in [0.05, 0.1) is 15.7 Å². The molecule has 0 saturated carbocycles. The van der Waals surface area contributed by atoms with Crippen LogP contribution in [0.1, 0.15) is 11.3 Å². The molecule has 0 bridgehead atoms. The highest BCUT2D eigenvalue weighted by atomic mass is 32.2. The van der Waals surface area contributed by atoms with E-state index in [1.807, 2.05) is 62.4 Å². The minimum atomic E-state index is -1.20. The fourth-order valence-electron chi connectivity index (χ4n) is 2.20. The highest BCUT2D eigenvalue weighted by Gasteiger charge is 2.18. The predicted molar refractivity (Wildman–Crippen MR) is 76.8 cm³/mol. The number of furan rings is 1. The monoisotopic (exact) mass is 270 g/mol. The summed E-state index contributed by atoms with van der Waals surface area (Å²) in [6, 6.07) is 15.4. The molecule has 3 rings (SSSR count). The highest BCUT2D eigenvalue weighted by Crippen LogP contribution is 2.31. The van der Waals surface area contributed by atoms with Gasteiger partial charge in [-0.25, -0.2) is 4.21 Å². The van der Waals surface area contributed by atoms with Gasteiger partial charge in [-0.15, -0.1) is 0 Å². The lowest BCUT2D eigenvalue weighted by molar-refractivity contribution is 0.566. The SMILES string of the molecule is Cc1ccc2oc(C)c([S@](=O)c3ccccc3)c2c1. The summed E-state index contributed by atoms with van der Waals surface area (Å²) in [5.41, 5.74) is 1.93. The summed E-state index contributed by atoms with van der Waals surface area (Å²) >= 11 is 0. The molecule has 0 unspecified atom stereocenters. The standard InChI is InChI=1S/C16H14O2S/c1-11-8-9-15-14(10-11)16(12(2)18-15)19(17)13-6-4-3-5-7-13/h3-10H,1-2H3/t19-/m1/s1. The van der Waals surface area contributed by atoms with Crippen LogP contribution in [0, 0.1) is 13.8 Å². The van der Waals surface area contributed by atoms with Crippen LogP contribution < -0.4 is 0 Å². The van der Waals surface area contributed by atoms with Gasteiger partial charge < -0.3 is 4.42 Å². The minimum absolute atomic E-state index is 0.725. The third kappa shape index (κ3) is 2.10. The zero-order chi connectivity index (χ0) is 13.4. The van der Waals surface area contributed by atoms with Crippen LogP contribution in [0.3, 0.4) is 0 Å². The average Bonchev–Trinajstić information content (AvgIpc) is 2.74. The Labute approximate surface area is 114 Å². The number of fused-ring (bicyclic) bond motifs is 1. The second-order valence-electron chi connectivity index (χ2n) is 4.57. The largest absolute Gasteiger partial charge is 0.460 e. The third-order valence-electron chi connectivity index (χ3n) is 3.11. The first-order chi connectivity index (χ1) is 9.16. The molecule has 0 saturated heterocycles. The molecule has 2 aromatic carbocycles. The quantitative estimate of drug-likeness (QED) is 0.698. The fraction of sp³-hybridized carbons (Fsp3) is 0.125. The second kappa shape index (κ2) is 4.67. The molecule has 96 valence electrons. The van der Waals surface area contributed by atoms with Crippen LogP contribution >= 0.6 is 0 Å². The van der Waals surface area contributed by atoms with E-state index in [0.717, 1.165) is 32.1 Å². The molecule has 0 aliphatic heterocycles. The fourth-order valence-corrected chi connectivity index (χ4v) is 3.51. The molecule has 3 heteroatoms. The van der Waals surface area contributed by atoms with Crippen molar-refractivity contribution in [3.05, 3.63) is 59.9 Å². The minimum Gasteiger partial charge on any atom is -0.460 e. The van der Waals surface area contributed by atoms with E-state index >= 15 is 0 Å². The van der Waals surface area contributed by atoms with Crippen LogP contribution in [-0.2, 0) is 10.8 Å². The van der Waals surface area contributed by atoms with Crippen molar-refractivity contribution in [2.45, 2.75) is 23.6 Å². The number of rotatable bonds is 2. The molecule has 0 radical (unpaired) electrons. The van der Waals surface area contributed by atoms with Gasteiger partial charge in [0, 0.05) is 10.3 Å². The first kappa shape index (κ1) is 12.2. The molecule has 3 aromatic rings. The summed E-state index contributed by atoms with van der Waals surface area (Å²) in [5, 5.41) is 0.944. The summed E-state index contributed by atoms with van der Waals surface area (Å²) in [4.78, 5) is 1.58. The van der Waals surface area contributed by atoms with Gasteiger partial charge in [-0.05, 0) is 38.1 Å². The van der Waals surface area contributed by atoms with Gasteiger partial charge in [-0.1, -0.05) is 29.8 Å². The molecule has 0 aliphatic rings. The van der Waals surface area contributed by atoms with E-state index in [-0.39, 0.29) is 0 Å². The van der Waals surface area contributed by atoms with Gasteiger partial charge in [0.25, 0.3) is 0 Å². The summed E-state index contributed by atoms with van der Waals surface area (Å²) in [5.74, 6) is 0.725. The van der Waals surface area contributed by atoms with Crippen molar-refractivity contribution in [2.75, 3.05) is 0 Å². The van der Waals surface area contributed by atoms with Gasteiger partial charge in [0.1, 0.15) is 11.3 Å². The van der Waals surface area contributed by atoms with Gasteiger partial charge >= 0.3 is 0 Å². The Hall–Kier alpha value is -1.87. The van der Waals surface area contributed by atoms with Crippen LogP contribution in [-0.4, -0.2) is 4.21 Å². The lowest BCUT2D eigenvalue weighted by atomic mass is 10.2. The average molecular weight is 270 g/mol. The van der Waals surface area contributed by atoms with Crippen LogP contribution in [0.5, 0.6) is 0 Å². The van der Waals surface area contributed by atoms with E-state index < -0.39 is 10.8 Å². The number of aryl methyl sites for hydroxylation is 2. The molecule has 0 fully saturated rings. The van der Waals surface area contributed by atoms with E-state index in [4.69, 9.17) is 4.42 Å². The van der Waals surface area contributed by atoms with Gasteiger partial charge in [-0.3, -0.25) is 0 Å². The molecule has 1 heterocycles. The van der Waals surface area contributed by atoms with Crippen molar-refractivity contribution >= 4 is 21.8 Å². The predicted octanol–water partition coefficient (Wildman–Crippen LogP) is 4.22. The van der Waals surface area contributed by atoms with Crippen molar-refractivity contribution in [3.63, 3.8) is 0 Å². The first-order valence-corrected chi connectivity index (χ1v) is 7.28. The smallest absolute Gasteiger partial charge is 0.135 e. The van der Waals surface area contributed by atoms with E-state index in [0.29, 0.717) is 0 Å². The second-order valence-corrected chi connectivity index (χ2v) is 5.99. The van der Waals surface area contributed by atoms with Gasteiger partial charge in [-0.2, -0.15) is 0 Å². The van der Waals surface area contributed by atoms with Crippen molar-refractivity contribution in [3.8, 4) is 0 Å². The molecule has 2 nitrogen and oxygen atoms in total. The summed E-state index contributed by atoms with van der Waals surface area (Å²) in [6.45, 7) is 3.89. The Kier molecular flexibility index (Phi) is 2.99. The van der Waals surface area contributed by atoms with Crippen molar-refractivity contribution in [2.24, 2.45) is 0 Å². The molecule has 1 aromatic heterocycles. The summed E-state index contributed by atoms with van der Waals surface area (Å²) in [6.07, 6.45) is 0. The van der Waals surface area contributed by atoms with E-state index in [9.17, 15) is 4.21 Å². The van der Waals surface area contributed by atoms with Crippen molar-refractivity contribution in [1.29, 1.82) is 0 Å². The number of hydrogen-bond donors (Lipinski definition) is 0.